The van der Waals surface area contributed by atoms with Crippen LogP contribution in [0.25, 0.3) is 0 Å². The predicted octanol–water partition coefficient (Wildman–Crippen LogP) is 3.33. The first kappa shape index (κ1) is 16.2. The van der Waals surface area contributed by atoms with E-state index in [4.69, 9.17) is 0 Å². The molecule has 0 saturated carbocycles. The first-order chi connectivity index (χ1) is 11.2. The number of amides is 1. The molecule has 0 N–H and O–H groups in total. The number of ketones is 1. The Balaban J connectivity index is 2.00. The summed E-state index contributed by atoms with van der Waals surface area (Å²) in [6, 6.07) is 4.18. The molecular weight excluding hydrogens is 323 g/mol. The van der Waals surface area contributed by atoms with Gasteiger partial charge in [0.15, 0.2) is 5.78 Å². The Labute approximate surface area is 135 Å². The lowest BCUT2D eigenvalue weighted by molar-refractivity contribution is -0.137. The molecule has 24 heavy (non-hydrogen) atoms. The van der Waals surface area contributed by atoms with Crippen LogP contribution in [-0.2, 0) is 6.18 Å². The van der Waals surface area contributed by atoms with Crippen molar-refractivity contribution in [1.29, 1.82) is 0 Å². The van der Waals surface area contributed by atoms with Gasteiger partial charge in [-0.15, -0.1) is 0 Å². The third kappa shape index (κ3) is 2.57. The summed E-state index contributed by atoms with van der Waals surface area (Å²) < 4.78 is 39.5. The number of anilines is 1. The van der Waals surface area contributed by atoms with E-state index in [0.29, 0.717) is 5.69 Å². The van der Waals surface area contributed by atoms with Crippen molar-refractivity contribution < 1.29 is 22.8 Å². The van der Waals surface area contributed by atoms with Crippen molar-refractivity contribution >= 4 is 17.4 Å². The Hall–Kier alpha value is -2.64. The number of hydrogen-bond donors (Lipinski definition) is 0. The van der Waals surface area contributed by atoms with Gasteiger partial charge in [0.25, 0.3) is 5.91 Å². The second kappa shape index (κ2) is 5.47. The van der Waals surface area contributed by atoms with Crippen LogP contribution < -0.4 is 4.90 Å². The summed E-state index contributed by atoms with van der Waals surface area (Å²) in [7, 11) is 0. The minimum atomic E-state index is -4.43. The van der Waals surface area contributed by atoms with E-state index in [1.807, 2.05) is 6.92 Å². The monoisotopic (exact) mass is 337 g/mol. The standard InChI is InChI=1S/C16H14F3N3O2/c1-9-8-21(12-5-3-11(4-6-12)16(17,18)19)15(24)14-13(10(2)23)7-20-22(9)14/h3-7,9H,8H2,1-2H3. The van der Waals surface area contributed by atoms with E-state index >= 15 is 0 Å². The molecule has 1 amide bonds. The minimum Gasteiger partial charge on any atom is -0.305 e. The molecule has 0 bridgehead atoms. The number of alkyl halides is 3. The van der Waals surface area contributed by atoms with E-state index in [0.717, 1.165) is 12.1 Å². The van der Waals surface area contributed by atoms with Gasteiger partial charge < -0.3 is 4.90 Å². The molecule has 2 heterocycles. The number of fused-ring (bicyclic) bond motifs is 1. The fraction of sp³-hybridized carbons (Fsp3) is 0.312. The van der Waals surface area contributed by atoms with Crippen LogP contribution in [0, 0.1) is 0 Å². The molecule has 1 unspecified atom stereocenters. The van der Waals surface area contributed by atoms with Crippen LogP contribution in [0.4, 0.5) is 18.9 Å². The molecule has 3 rings (SSSR count). The van der Waals surface area contributed by atoms with Crippen molar-refractivity contribution in [2.75, 3.05) is 11.4 Å². The zero-order valence-electron chi connectivity index (χ0n) is 13.0. The normalized spacial score (nSPS) is 17.8. The smallest absolute Gasteiger partial charge is 0.305 e. The van der Waals surface area contributed by atoms with Gasteiger partial charge in [-0.2, -0.15) is 18.3 Å². The lowest BCUT2D eigenvalue weighted by Crippen LogP contribution is -2.43. The van der Waals surface area contributed by atoms with Gasteiger partial charge in [-0.1, -0.05) is 0 Å². The molecule has 0 fully saturated rings. The Kier molecular flexibility index (Phi) is 3.70. The lowest BCUT2D eigenvalue weighted by Gasteiger charge is -2.32. The summed E-state index contributed by atoms with van der Waals surface area (Å²) in [5.74, 6) is -0.735. The molecular formula is C16H14F3N3O2. The van der Waals surface area contributed by atoms with Crippen molar-refractivity contribution in [3.8, 4) is 0 Å². The Morgan fingerprint density at radius 1 is 1.25 bits per heavy atom. The highest BCUT2D eigenvalue weighted by atomic mass is 19.4. The topological polar surface area (TPSA) is 55.2 Å². The van der Waals surface area contributed by atoms with Crippen molar-refractivity contribution in [2.24, 2.45) is 0 Å². The highest BCUT2D eigenvalue weighted by Gasteiger charge is 2.35. The summed E-state index contributed by atoms with van der Waals surface area (Å²) in [5, 5.41) is 4.08. The second-order valence-corrected chi connectivity index (χ2v) is 5.72. The molecule has 5 nitrogen and oxygen atoms in total. The van der Waals surface area contributed by atoms with E-state index in [1.165, 1.54) is 34.8 Å². The number of carbonyl (C=O) groups is 2. The average Bonchev–Trinajstić information content (AvgIpc) is 2.96. The maximum absolute atomic E-state index is 12.7. The maximum Gasteiger partial charge on any atom is 0.416 e. The van der Waals surface area contributed by atoms with Crippen LogP contribution in [0.5, 0.6) is 0 Å². The van der Waals surface area contributed by atoms with Gasteiger partial charge >= 0.3 is 6.18 Å². The number of aromatic nitrogens is 2. The van der Waals surface area contributed by atoms with Gasteiger partial charge in [-0.05, 0) is 38.1 Å². The minimum absolute atomic E-state index is 0.168. The van der Waals surface area contributed by atoms with Crippen LogP contribution in [0.15, 0.2) is 30.5 Å². The van der Waals surface area contributed by atoms with E-state index < -0.39 is 17.6 Å². The molecule has 0 spiro atoms. The Morgan fingerprint density at radius 3 is 2.42 bits per heavy atom. The number of carbonyl (C=O) groups excluding carboxylic acids is 2. The number of hydrogen-bond acceptors (Lipinski definition) is 3. The molecule has 1 aromatic carbocycles. The number of Topliss-reactive ketones (excluding diaryl/α,β-unsaturated/α-hetero) is 1. The van der Waals surface area contributed by atoms with Gasteiger partial charge in [-0.25, -0.2) is 0 Å². The SMILES string of the molecule is CC(=O)c1cnn2c1C(=O)N(c1ccc(C(F)(F)F)cc1)CC2C. The predicted molar refractivity (Wildman–Crippen MR) is 80.1 cm³/mol. The van der Waals surface area contributed by atoms with E-state index in [2.05, 4.69) is 5.10 Å². The number of nitrogens with zero attached hydrogens (tertiary/aromatic N) is 3. The van der Waals surface area contributed by atoms with E-state index in [9.17, 15) is 22.8 Å². The third-order valence-electron chi connectivity index (χ3n) is 3.99. The number of benzene rings is 1. The summed E-state index contributed by atoms with van der Waals surface area (Å²) >= 11 is 0. The molecule has 0 aliphatic carbocycles. The highest BCUT2D eigenvalue weighted by Crippen LogP contribution is 2.32. The van der Waals surface area contributed by atoms with E-state index in [-0.39, 0.29) is 29.6 Å². The van der Waals surface area contributed by atoms with Crippen molar-refractivity contribution in [3.63, 3.8) is 0 Å². The molecule has 8 heteroatoms. The quantitative estimate of drug-likeness (QED) is 0.790. The molecule has 1 atom stereocenters. The molecule has 2 aromatic rings. The fourth-order valence-corrected chi connectivity index (χ4v) is 2.77. The zero-order valence-corrected chi connectivity index (χ0v) is 13.0. The maximum atomic E-state index is 12.7. The van der Waals surface area contributed by atoms with Gasteiger partial charge in [0, 0.05) is 12.2 Å². The van der Waals surface area contributed by atoms with Gasteiger partial charge in [0.05, 0.1) is 23.4 Å². The first-order valence-corrected chi connectivity index (χ1v) is 7.27. The summed E-state index contributed by atoms with van der Waals surface area (Å²) in [5.41, 5.74) is -0.0513. The molecule has 1 aliphatic heterocycles. The zero-order chi connectivity index (χ0) is 17.6. The third-order valence-corrected chi connectivity index (χ3v) is 3.99. The summed E-state index contributed by atoms with van der Waals surface area (Å²) in [4.78, 5) is 25.8. The average molecular weight is 337 g/mol. The Morgan fingerprint density at radius 2 is 1.88 bits per heavy atom. The van der Waals surface area contributed by atoms with Crippen molar-refractivity contribution in [2.45, 2.75) is 26.1 Å². The number of rotatable bonds is 2. The number of halogens is 3. The van der Waals surface area contributed by atoms with Crippen LogP contribution >= 0.6 is 0 Å². The van der Waals surface area contributed by atoms with Crippen LogP contribution in [0.3, 0.4) is 0 Å². The molecule has 126 valence electrons. The van der Waals surface area contributed by atoms with Crippen LogP contribution in [0.2, 0.25) is 0 Å². The molecule has 1 aliphatic rings. The lowest BCUT2D eigenvalue weighted by atomic mass is 10.1. The van der Waals surface area contributed by atoms with Crippen LogP contribution in [0.1, 0.15) is 46.3 Å². The van der Waals surface area contributed by atoms with Crippen molar-refractivity contribution in [3.05, 3.63) is 47.3 Å². The second-order valence-electron chi connectivity index (χ2n) is 5.72. The molecule has 1 aromatic heterocycles. The molecule has 0 radical (unpaired) electrons. The van der Waals surface area contributed by atoms with Gasteiger partial charge in [-0.3, -0.25) is 14.3 Å². The largest absolute Gasteiger partial charge is 0.416 e. The molecule has 0 saturated heterocycles. The Bertz CT molecular complexity index is 809. The first-order valence-electron chi connectivity index (χ1n) is 7.27. The van der Waals surface area contributed by atoms with Gasteiger partial charge in [0.2, 0.25) is 0 Å². The van der Waals surface area contributed by atoms with Crippen molar-refractivity contribution in [1.82, 2.24) is 9.78 Å². The van der Waals surface area contributed by atoms with Gasteiger partial charge in [0.1, 0.15) is 5.69 Å². The highest BCUT2D eigenvalue weighted by molar-refractivity contribution is 6.12. The summed E-state index contributed by atoms with van der Waals surface area (Å²) in [6.07, 6.45) is -3.08. The van der Waals surface area contributed by atoms with E-state index in [1.54, 1.807) is 0 Å². The fourth-order valence-electron chi connectivity index (χ4n) is 2.77. The van der Waals surface area contributed by atoms with Crippen LogP contribution in [-0.4, -0.2) is 28.0 Å². The summed E-state index contributed by atoms with van der Waals surface area (Å²) in [6.45, 7) is 3.42.